The Morgan fingerprint density at radius 1 is 0.906 bits per heavy atom. The maximum Gasteiger partial charge on any atom is 0.282 e. The molecule has 0 spiro atoms. The molecule has 0 aromatic heterocycles. The van der Waals surface area contributed by atoms with Crippen LogP contribution in [0.15, 0.2) is 78.5 Å². The SMILES string of the molecule is Cc1cccc(NC2=C(c3ccc(F)cc3)C(=O)N(c3ccc(OC(C)C)cc3)C2=O)c1. The summed E-state index contributed by atoms with van der Waals surface area (Å²) in [6, 6.07) is 19.8. The molecule has 1 aliphatic rings. The molecule has 2 amide bonds. The van der Waals surface area contributed by atoms with Crippen molar-refractivity contribution in [2.24, 2.45) is 0 Å². The minimum Gasteiger partial charge on any atom is -0.491 e. The molecule has 0 saturated heterocycles. The van der Waals surface area contributed by atoms with Crippen LogP contribution >= 0.6 is 0 Å². The fraction of sp³-hybridized carbons (Fsp3) is 0.154. The van der Waals surface area contributed by atoms with Gasteiger partial charge in [0.05, 0.1) is 17.4 Å². The number of carbonyl (C=O) groups is 2. The summed E-state index contributed by atoms with van der Waals surface area (Å²) in [5.41, 5.74) is 2.92. The van der Waals surface area contributed by atoms with E-state index in [1.54, 1.807) is 24.3 Å². The van der Waals surface area contributed by atoms with E-state index in [0.717, 1.165) is 10.5 Å². The van der Waals surface area contributed by atoms with Crippen LogP contribution in [0.1, 0.15) is 25.0 Å². The molecule has 1 heterocycles. The van der Waals surface area contributed by atoms with Gasteiger partial charge < -0.3 is 10.1 Å². The van der Waals surface area contributed by atoms with Crippen molar-refractivity contribution in [2.75, 3.05) is 10.2 Å². The third-order valence-corrected chi connectivity index (χ3v) is 4.97. The Morgan fingerprint density at radius 3 is 2.22 bits per heavy atom. The van der Waals surface area contributed by atoms with Gasteiger partial charge >= 0.3 is 0 Å². The average molecular weight is 430 g/mol. The number of anilines is 2. The minimum absolute atomic E-state index is 0.00720. The van der Waals surface area contributed by atoms with Crippen LogP contribution in [0.25, 0.3) is 5.57 Å². The highest BCUT2D eigenvalue weighted by Gasteiger charge is 2.40. The van der Waals surface area contributed by atoms with Gasteiger partial charge in [-0.3, -0.25) is 9.59 Å². The number of aryl methyl sites for hydroxylation is 1. The lowest BCUT2D eigenvalue weighted by Crippen LogP contribution is -2.32. The van der Waals surface area contributed by atoms with Crippen LogP contribution in [0.4, 0.5) is 15.8 Å². The number of halogens is 1. The minimum atomic E-state index is -0.478. The summed E-state index contributed by atoms with van der Waals surface area (Å²) in [4.78, 5) is 27.9. The predicted octanol–water partition coefficient (Wildman–Crippen LogP) is 5.32. The van der Waals surface area contributed by atoms with Gasteiger partial charge in [0.15, 0.2) is 0 Å². The van der Waals surface area contributed by atoms with E-state index >= 15 is 0 Å². The van der Waals surface area contributed by atoms with Gasteiger partial charge in [0.1, 0.15) is 17.3 Å². The highest BCUT2D eigenvalue weighted by Crippen LogP contribution is 2.34. The standard InChI is InChI=1S/C26H23FN2O3/c1-16(2)32-22-13-11-21(12-14-22)29-25(30)23(18-7-9-19(27)10-8-18)24(26(29)31)28-20-6-4-5-17(3)15-20/h4-16,28H,1-3H3. The number of hydrogen-bond acceptors (Lipinski definition) is 4. The Labute approximate surface area is 186 Å². The van der Waals surface area contributed by atoms with Crippen LogP contribution in [0.2, 0.25) is 0 Å². The zero-order valence-electron chi connectivity index (χ0n) is 18.1. The first-order chi connectivity index (χ1) is 15.3. The van der Waals surface area contributed by atoms with E-state index in [1.165, 1.54) is 24.3 Å². The molecule has 3 aromatic rings. The van der Waals surface area contributed by atoms with E-state index in [2.05, 4.69) is 5.32 Å². The Bertz CT molecular complexity index is 1200. The van der Waals surface area contributed by atoms with Gasteiger partial charge in [0.25, 0.3) is 11.8 Å². The molecule has 4 rings (SSSR count). The molecule has 0 aliphatic carbocycles. The van der Waals surface area contributed by atoms with Crippen LogP contribution in [-0.2, 0) is 9.59 Å². The van der Waals surface area contributed by atoms with Crippen molar-refractivity contribution in [3.63, 3.8) is 0 Å². The number of nitrogens with one attached hydrogen (secondary N) is 1. The van der Waals surface area contributed by atoms with E-state index in [4.69, 9.17) is 4.74 Å². The summed E-state index contributed by atoms with van der Waals surface area (Å²) in [6.07, 6.45) is 0.00720. The molecule has 6 heteroatoms. The quantitative estimate of drug-likeness (QED) is 0.538. The lowest BCUT2D eigenvalue weighted by Gasteiger charge is -2.17. The van der Waals surface area contributed by atoms with Gasteiger partial charge in [-0.25, -0.2) is 9.29 Å². The van der Waals surface area contributed by atoms with Crippen LogP contribution in [0.3, 0.4) is 0 Å². The summed E-state index contributed by atoms with van der Waals surface area (Å²) in [5, 5.41) is 3.11. The third-order valence-electron chi connectivity index (χ3n) is 4.97. The molecule has 1 aliphatic heterocycles. The topological polar surface area (TPSA) is 58.6 Å². The van der Waals surface area contributed by atoms with Crippen molar-refractivity contribution in [3.8, 4) is 5.75 Å². The number of ether oxygens (including phenoxy) is 1. The summed E-state index contributed by atoms with van der Waals surface area (Å²) in [7, 11) is 0. The molecule has 0 saturated carbocycles. The van der Waals surface area contributed by atoms with Crippen molar-refractivity contribution >= 4 is 28.8 Å². The molecular formula is C26H23FN2O3. The Kier molecular flexibility index (Phi) is 5.77. The van der Waals surface area contributed by atoms with Crippen molar-refractivity contribution < 1.29 is 18.7 Å². The third kappa shape index (κ3) is 4.25. The van der Waals surface area contributed by atoms with Crippen molar-refractivity contribution in [2.45, 2.75) is 26.9 Å². The second kappa shape index (κ2) is 8.67. The normalized spacial score (nSPS) is 13.8. The van der Waals surface area contributed by atoms with E-state index in [9.17, 15) is 14.0 Å². The van der Waals surface area contributed by atoms with Crippen molar-refractivity contribution in [3.05, 3.63) is 95.4 Å². The fourth-order valence-corrected chi connectivity index (χ4v) is 3.58. The maximum absolute atomic E-state index is 13.5. The second-order valence-corrected chi connectivity index (χ2v) is 7.86. The molecule has 5 nitrogen and oxygen atoms in total. The number of carbonyl (C=O) groups excluding carboxylic acids is 2. The highest BCUT2D eigenvalue weighted by atomic mass is 19.1. The summed E-state index contributed by atoms with van der Waals surface area (Å²) in [6.45, 7) is 5.78. The molecule has 3 aromatic carbocycles. The van der Waals surface area contributed by atoms with Crippen molar-refractivity contribution in [1.29, 1.82) is 0 Å². The lowest BCUT2D eigenvalue weighted by molar-refractivity contribution is -0.120. The Morgan fingerprint density at radius 2 is 1.59 bits per heavy atom. The molecule has 0 radical (unpaired) electrons. The van der Waals surface area contributed by atoms with Crippen LogP contribution in [0.5, 0.6) is 5.75 Å². The number of nitrogens with zero attached hydrogens (tertiary/aromatic N) is 1. The van der Waals surface area contributed by atoms with E-state index in [1.807, 2.05) is 45.0 Å². The molecule has 0 atom stereocenters. The molecule has 162 valence electrons. The first kappa shape index (κ1) is 21.3. The lowest BCUT2D eigenvalue weighted by atomic mass is 10.0. The zero-order chi connectivity index (χ0) is 22.8. The molecular weight excluding hydrogens is 407 g/mol. The molecule has 32 heavy (non-hydrogen) atoms. The van der Waals surface area contributed by atoms with Crippen LogP contribution in [0, 0.1) is 12.7 Å². The van der Waals surface area contributed by atoms with Gasteiger partial charge in [0, 0.05) is 5.69 Å². The van der Waals surface area contributed by atoms with Crippen molar-refractivity contribution in [1.82, 2.24) is 0 Å². The van der Waals surface area contributed by atoms with E-state index in [0.29, 0.717) is 22.7 Å². The van der Waals surface area contributed by atoms with Gasteiger partial charge in [-0.15, -0.1) is 0 Å². The summed E-state index contributed by atoms with van der Waals surface area (Å²) in [5.74, 6) is -0.729. The number of imide groups is 1. The Balaban J connectivity index is 1.74. The summed E-state index contributed by atoms with van der Waals surface area (Å²) < 4.78 is 19.2. The molecule has 0 bridgehead atoms. The Hall–Kier alpha value is -3.93. The zero-order valence-corrected chi connectivity index (χ0v) is 18.1. The van der Waals surface area contributed by atoms with Gasteiger partial charge in [-0.1, -0.05) is 24.3 Å². The van der Waals surface area contributed by atoms with E-state index < -0.39 is 17.6 Å². The average Bonchev–Trinajstić information content (AvgIpc) is 2.99. The van der Waals surface area contributed by atoms with Gasteiger partial charge in [-0.05, 0) is 80.4 Å². The number of hydrogen-bond donors (Lipinski definition) is 1. The first-order valence-corrected chi connectivity index (χ1v) is 10.3. The van der Waals surface area contributed by atoms with Crippen LogP contribution < -0.4 is 15.0 Å². The fourth-order valence-electron chi connectivity index (χ4n) is 3.58. The van der Waals surface area contributed by atoms with Gasteiger partial charge in [0.2, 0.25) is 0 Å². The second-order valence-electron chi connectivity index (χ2n) is 7.86. The number of benzene rings is 3. The smallest absolute Gasteiger partial charge is 0.282 e. The maximum atomic E-state index is 13.5. The van der Waals surface area contributed by atoms with Crippen LogP contribution in [-0.4, -0.2) is 17.9 Å². The summed E-state index contributed by atoms with van der Waals surface area (Å²) >= 11 is 0. The van der Waals surface area contributed by atoms with Gasteiger partial charge in [-0.2, -0.15) is 0 Å². The molecule has 1 N–H and O–H groups in total. The number of rotatable bonds is 6. The predicted molar refractivity (Wildman–Crippen MR) is 123 cm³/mol. The largest absolute Gasteiger partial charge is 0.491 e. The first-order valence-electron chi connectivity index (χ1n) is 10.3. The number of amides is 2. The molecule has 0 unspecified atom stereocenters. The van der Waals surface area contributed by atoms with E-state index in [-0.39, 0.29) is 17.4 Å². The monoisotopic (exact) mass is 430 g/mol. The highest BCUT2D eigenvalue weighted by molar-refractivity contribution is 6.46. The molecule has 0 fully saturated rings.